The van der Waals surface area contributed by atoms with Crippen molar-refractivity contribution in [2.24, 2.45) is 0 Å². The van der Waals surface area contributed by atoms with E-state index in [-0.39, 0.29) is 12.0 Å². The number of rotatable bonds is 4. The zero-order chi connectivity index (χ0) is 12.8. The molecule has 0 aromatic heterocycles. The number of allylic oxidation sites excluding steroid dienone is 1. The molecule has 1 aromatic rings. The molecule has 0 bridgehead atoms. The first kappa shape index (κ1) is 13.6. The Kier molecular flexibility index (Phi) is 5.04. The minimum atomic E-state index is -0.180. The summed E-state index contributed by atoms with van der Waals surface area (Å²) in [6, 6.07) is 5.17. The number of hydrogen-bond donors (Lipinski definition) is 1. The number of carbonyl (C=O) groups excluding carboxylic acids is 1. The van der Waals surface area contributed by atoms with Crippen LogP contribution in [0.5, 0.6) is 5.75 Å². The molecule has 17 heavy (non-hydrogen) atoms. The Labute approximate surface area is 106 Å². The van der Waals surface area contributed by atoms with Gasteiger partial charge in [-0.25, -0.2) is 0 Å². The molecule has 0 radical (unpaired) electrons. The summed E-state index contributed by atoms with van der Waals surface area (Å²) in [5.74, 6) is 0.437. The summed E-state index contributed by atoms with van der Waals surface area (Å²) >= 11 is 6.04. The monoisotopic (exact) mass is 253 g/mol. The molecule has 0 aliphatic heterocycles. The molecule has 0 aliphatic carbocycles. The van der Waals surface area contributed by atoms with Crippen LogP contribution in [-0.2, 0) is 4.79 Å². The zero-order valence-corrected chi connectivity index (χ0v) is 10.9. The van der Waals surface area contributed by atoms with E-state index >= 15 is 0 Å². The van der Waals surface area contributed by atoms with E-state index in [9.17, 15) is 4.79 Å². The number of hydrogen-bond acceptors (Lipinski definition) is 2. The van der Waals surface area contributed by atoms with Crippen LogP contribution >= 0.6 is 11.6 Å². The molecule has 0 saturated carbocycles. The number of benzene rings is 1. The molecule has 0 saturated heterocycles. The van der Waals surface area contributed by atoms with Crippen LogP contribution in [0.1, 0.15) is 20.8 Å². The summed E-state index contributed by atoms with van der Waals surface area (Å²) < 4.78 is 5.49. The second-order valence-electron chi connectivity index (χ2n) is 3.80. The van der Waals surface area contributed by atoms with Crippen molar-refractivity contribution in [1.82, 2.24) is 0 Å². The van der Waals surface area contributed by atoms with Crippen molar-refractivity contribution >= 4 is 23.2 Å². The van der Waals surface area contributed by atoms with E-state index in [0.717, 1.165) is 0 Å². The molecule has 1 amide bonds. The maximum absolute atomic E-state index is 11.3. The second-order valence-corrected chi connectivity index (χ2v) is 4.21. The lowest BCUT2D eigenvalue weighted by Crippen LogP contribution is -2.09. The molecule has 1 aromatic carbocycles. The van der Waals surface area contributed by atoms with Gasteiger partial charge in [-0.15, -0.1) is 0 Å². The van der Waals surface area contributed by atoms with Crippen LogP contribution in [-0.4, -0.2) is 12.0 Å². The van der Waals surface area contributed by atoms with Gasteiger partial charge in [-0.05, 0) is 45.0 Å². The van der Waals surface area contributed by atoms with Gasteiger partial charge < -0.3 is 10.1 Å². The molecule has 0 unspecified atom stereocenters. The van der Waals surface area contributed by atoms with Gasteiger partial charge in [0.15, 0.2) is 0 Å². The van der Waals surface area contributed by atoms with E-state index in [1.54, 1.807) is 31.2 Å². The van der Waals surface area contributed by atoms with Crippen molar-refractivity contribution < 1.29 is 9.53 Å². The molecule has 0 fully saturated rings. The summed E-state index contributed by atoms with van der Waals surface area (Å²) in [5, 5.41) is 3.18. The Balaban J connectivity index is 2.78. The van der Waals surface area contributed by atoms with Gasteiger partial charge in [0.2, 0.25) is 5.91 Å². The highest BCUT2D eigenvalue weighted by Crippen LogP contribution is 2.28. The van der Waals surface area contributed by atoms with Gasteiger partial charge in [0.05, 0.1) is 11.1 Å². The smallest absolute Gasteiger partial charge is 0.248 e. The molecule has 0 aliphatic rings. The summed E-state index contributed by atoms with van der Waals surface area (Å²) in [6.45, 7) is 5.64. The summed E-state index contributed by atoms with van der Waals surface area (Å²) in [7, 11) is 0. The van der Waals surface area contributed by atoms with Crippen LogP contribution in [0.3, 0.4) is 0 Å². The topological polar surface area (TPSA) is 38.3 Å². The fraction of sp³-hybridized carbons (Fsp3) is 0.308. The van der Waals surface area contributed by atoms with E-state index in [4.69, 9.17) is 16.3 Å². The van der Waals surface area contributed by atoms with Crippen molar-refractivity contribution in [3.63, 3.8) is 0 Å². The van der Waals surface area contributed by atoms with Crippen LogP contribution in [0.25, 0.3) is 0 Å². The lowest BCUT2D eigenvalue weighted by atomic mass is 10.3. The van der Waals surface area contributed by atoms with Crippen LogP contribution in [0.4, 0.5) is 5.69 Å². The third-order valence-electron chi connectivity index (χ3n) is 1.88. The fourth-order valence-electron chi connectivity index (χ4n) is 1.26. The normalized spacial score (nSPS) is 10.9. The van der Waals surface area contributed by atoms with E-state index in [2.05, 4.69) is 5.32 Å². The van der Waals surface area contributed by atoms with Gasteiger partial charge in [0.1, 0.15) is 5.75 Å². The molecule has 0 heterocycles. The van der Waals surface area contributed by atoms with E-state index < -0.39 is 0 Å². The lowest BCUT2D eigenvalue weighted by Gasteiger charge is -2.12. The van der Waals surface area contributed by atoms with Crippen LogP contribution in [0.2, 0.25) is 5.02 Å². The van der Waals surface area contributed by atoms with Crippen molar-refractivity contribution in [2.75, 3.05) is 5.32 Å². The zero-order valence-electron chi connectivity index (χ0n) is 10.2. The maximum atomic E-state index is 11.3. The Hall–Kier alpha value is -1.48. The first-order valence-electron chi connectivity index (χ1n) is 5.43. The number of anilines is 1. The second kappa shape index (κ2) is 6.30. The summed E-state index contributed by atoms with van der Waals surface area (Å²) in [6.07, 6.45) is 3.19. The quantitative estimate of drug-likeness (QED) is 0.832. The van der Waals surface area contributed by atoms with Crippen LogP contribution in [0.15, 0.2) is 30.4 Å². The molecule has 4 heteroatoms. The van der Waals surface area contributed by atoms with E-state index in [0.29, 0.717) is 16.5 Å². The van der Waals surface area contributed by atoms with Gasteiger partial charge in [-0.2, -0.15) is 0 Å². The Morgan fingerprint density at radius 1 is 1.47 bits per heavy atom. The molecule has 0 spiro atoms. The first-order valence-corrected chi connectivity index (χ1v) is 5.80. The third-order valence-corrected chi connectivity index (χ3v) is 2.18. The number of carbonyl (C=O) groups is 1. The fourth-order valence-corrected chi connectivity index (χ4v) is 1.49. The van der Waals surface area contributed by atoms with Crippen LogP contribution in [0, 0.1) is 0 Å². The number of ether oxygens (including phenoxy) is 1. The SMILES string of the molecule is CC=CC(=O)Nc1ccc(OC(C)C)c(Cl)c1. The number of halogens is 1. The standard InChI is InChI=1S/C13H16ClNO2/c1-4-5-13(16)15-10-6-7-12(11(14)8-10)17-9(2)3/h4-9H,1-3H3,(H,15,16). The van der Waals surface area contributed by atoms with Crippen LogP contribution < -0.4 is 10.1 Å². The van der Waals surface area contributed by atoms with Crippen molar-refractivity contribution in [3.8, 4) is 5.75 Å². The summed E-state index contributed by atoms with van der Waals surface area (Å²) in [4.78, 5) is 11.3. The van der Waals surface area contributed by atoms with Gasteiger partial charge in [-0.3, -0.25) is 4.79 Å². The highest BCUT2D eigenvalue weighted by molar-refractivity contribution is 6.32. The van der Waals surface area contributed by atoms with Gasteiger partial charge in [-0.1, -0.05) is 17.7 Å². The first-order chi connectivity index (χ1) is 8.02. The minimum Gasteiger partial charge on any atom is -0.489 e. The molecule has 92 valence electrons. The predicted molar refractivity (Wildman–Crippen MR) is 70.7 cm³/mol. The molecular weight excluding hydrogens is 238 g/mol. The lowest BCUT2D eigenvalue weighted by molar-refractivity contribution is -0.111. The Morgan fingerprint density at radius 2 is 2.18 bits per heavy atom. The van der Waals surface area contributed by atoms with E-state index in [1.165, 1.54) is 6.08 Å². The van der Waals surface area contributed by atoms with Gasteiger partial charge in [0.25, 0.3) is 0 Å². The Morgan fingerprint density at radius 3 is 2.71 bits per heavy atom. The highest BCUT2D eigenvalue weighted by Gasteiger charge is 2.06. The van der Waals surface area contributed by atoms with E-state index in [1.807, 2.05) is 13.8 Å². The highest BCUT2D eigenvalue weighted by atomic mass is 35.5. The largest absolute Gasteiger partial charge is 0.489 e. The molecule has 0 atom stereocenters. The predicted octanol–water partition coefficient (Wildman–Crippen LogP) is 3.64. The van der Waals surface area contributed by atoms with Crippen molar-refractivity contribution in [2.45, 2.75) is 26.9 Å². The van der Waals surface area contributed by atoms with Crippen molar-refractivity contribution in [1.29, 1.82) is 0 Å². The van der Waals surface area contributed by atoms with Gasteiger partial charge >= 0.3 is 0 Å². The molecule has 1 N–H and O–H groups in total. The third kappa shape index (κ3) is 4.49. The molecule has 1 rings (SSSR count). The average Bonchev–Trinajstić information content (AvgIpc) is 2.22. The summed E-state index contributed by atoms with van der Waals surface area (Å²) in [5.41, 5.74) is 0.647. The number of amides is 1. The van der Waals surface area contributed by atoms with Crippen molar-refractivity contribution in [3.05, 3.63) is 35.4 Å². The van der Waals surface area contributed by atoms with Gasteiger partial charge in [0, 0.05) is 5.69 Å². The molecule has 3 nitrogen and oxygen atoms in total. The minimum absolute atomic E-state index is 0.0657. The Bertz CT molecular complexity index is 427. The molecular formula is C13H16ClNO2. The number of nitrogens with one attached hydrogen (secondary N) is 1. The average molecular weight is 254 g/mol. The maximum Gasteiger partial charge on any atom is 0.248 e.